The van der Waals surface area contributed by atoms with Crippen LogP contribution in [0.5, 0.6) is 0 Å². The van der Waals surface area contributed by atoms with E-state index in [1.165, 1.54) is 0 Å². The number of fused-ring (bicyclic) bond motifs is 1. The first-order valence-electron chi connectivity index (χ1n) is 6.21. The molecule has 3 rings (SSSR count). The molecule has 18 heavy (non-hydrogen) atoms. The lowest BCUT2D eigenvalue weighted by Crippen LogP contribution is -2.08. The summed E-state index contributed by atoms with van der Waals surface area (Å²) in [7, 11) is 0. The van der Waals surface area contributed by atoms with Crippen LogP contribution in [-0.2, 0) is 6.54 Å². The minimum atomic E-state index is 0.0560. The van der Waals surface area contributed by atoms with Gasteiger partial charge in [0.05, 0.1) is 12.3 Å². The summed E-state index contributed by atoms with van der Waals surface area (Å²) in [5.74, 6) is 0.239. The normalized spacial score (nSPS) is 17.7. The fourth-order valence-corrected chi connectivity index (χ4v) is 2.64. The molecule has 1 atom stereocenters. The predicted octanol–water partition coefficient (Wildman–Crippen LogP) is 2.20. The summed E-state index contributed by atoms with van der Waals surface area (Å²) < 4.78 is 2.04. The van der Waals surface area contributed by atoms with E-state index in [1.807, 2.05) is 47.0 Å². The van der Waals surface area contributed by atoms with E-state index in [0.29, 0.717) is 5.56 Å². The number of benzene rings is 1. The highest BCUT2D eigenvalue weighted by Gasteiger charge is 2.26. The standard InChI is InChI=1S/C15H15NO2/c17-10-12-8-9-16-13(12)6-7-14(16)15(18)11-4-2-1-3-5-11/h1-7,12,17H,8-10H2/t12-/m0/s1. The fourth-order valence-electron chi connectivity index (χ4n) is 2.64. The Hall–Kier alpha value is -1.87. The second kappa shape index (κ2) is 4.42. The Labute approximate surface area is 106 Å². The van der Waals surface area contributed by atoms with E-state index in [-0.39, 0.29) is 18.3 Å². The Balaban J connectivity index is 1.98. The molecule has 3 heteroatoms. The predicted molar refractivity (Wildman–Crippen MR) is 68.8 cm³/mol. The second-order valence-corrected chi connectivity index (χ2v) is 4.66. The molecule has 2 heterocycles. The molecule has 1 aromatic carbocycles. The number of nitrogens with zero attached hydrogens (tertiary/aromatic N) is 1. The molecule has 1 aliphatic rings. The third-order valence-corrected chi connectivity index (χ3v) is 3.62. The van der Waals surface area contributed by atoms with Crippen LogP contribution < -0.4 is 0 Å². The van der Waals surface area contributed by atoms with E-state index >= 15 is 0 Å². The first-order valence-corrected chi connectivity index (χ1v) is 6.21. The van der Waals surface area contributed by atoms with Crippen molar-refractivity contribution in [2.45, 2.75) is 18.9 Å². The fraction of sp³-hybridized carbons (Fsp3) is 0.267. The Bertz CT molecular complexity index is 571. The van der Waals surface area contributed by atoms with Crippen molar-refractivity contribution in [3.8, 4) is 0 Å². The SMILES string of the molecule is O=C(c1ccccc1)c1ccc2n1CC[C@H]2CO. The number of aliphatic hydroxyl groups is 1. The number of hydrogen-bond acceptors (Lipinski definition) is 2. The van der Waals surface area contributed by atoms with Gasteiger partial charge in [-0.2, -0.15) is 0 Å². The van der Waals surface area contributed by atoms with Gasteiger partial charge in [0.15, 0.2) is 0 Å². The van der Waals surface area contributed by atoms with Gasteiger partial charge in [0, 0.05) is 23.7 Å². The number of aliphatic hydroxyl groups excluding tert-OH is 1. The molecule has 0 amide bonds. The van der Waals surface area contributed by atoms with Gasteiger partial charge in [0.1, 0.15) is 0 Å². The summed E-state index contributed by atoms with van der Waals surface area (Å²) in [6.07, 6.45) is 0.918. The highest BCUT2D eigenvalue weighted by Crippen LogP contribution is 2.30. The lowest BCUT2D eigenvalue weighted by molar-refractivity contribution is 0.103. The van der Waals surface area contributed by atoms with Crippen molar-refractivity contribution < 1.29 is 9.90 Å². The smallest absolute Gasteiger partial charge is 0.209 e. The zero-order chi connectivity index (χ0) is 12.5. The zero-order valence-electron chi connectivity index (χ0n) is 10.0. The van der Waals surface area contributed by atoms with Gasteiger partial charge in [0.25, 0.3) is 0 Å². The van der Waals surface area contributed by atoms with Crippen LogP contribution in [0.3, 0.4) is 0 Å². The van der Waals surface area contributed by atoms with Crippen molar-refractivity contribution in [2.24, 2.45) is 0 Å². The van der Waals surface area contributed by atoms with Gasteiger partial charge >= 0.3 is 0 Å². The summed E-state index contributed by atoms with van der Waals surface area (Å²) >= 11 is 0. The topological polar surface area (TPSA) is 42.2 Å². The minimum absolute atomic E-state index is 0.0560. The van der Waals surface area contributed by atoms with Crippen molar-refractivity contribution >= 4 is 5.78 Å². The Morgan fingerprint density at radius 2 is 2.00 bits per heavy atom. The monoisotopic (exact) mass is 241 g/mol. The molecule has 0 fully saturated rings. The van der Waals surface area contributed by atoms with Crippen LogP contribution in [-0.4, -0.2) is 22.1 Å². The number of carbonyl (C=O) groups excluding carboxylic acids is 1. The lowest BCUT2D eigenvalue weighted by Gasteiger charge is -2.05. The van der Waals surface area contributed by atoms with E-state index < -0.39 is 0 Å². The van der Waals surface area contributed by atoms with Crippen LogP contribution >= 0.6 is 0 Å². The molecule has 3 nitrogen and oxygen atoms in total. The van der Waals surface area contributed by atoms with Crippen molar-refractivity contribution in [3.05, 3.63) is 59.4 Å². The Kier molecular flexibility index (Phi) is 2.76. The maximum Gasteiger partial charge on any atom is 0.209 e. The first kappa shape index (κ1) is 11.2. The summed E-state index contributed by atoms with van der Waals surface area (Å²) in [5.41, 5.74) is 2.52. The van der Waals surface area contributed by atoms with Crippen molar-refractivity contribution in [3.63, 3.8) is 0 Å². The summed E-state index contributed by atoms with van der Waals surface area (Å²) in [5, 5.41) is 9.28. The first-order chi connectivity index (χ1) is 8.81. The molecule has 92 valence electrons. The number of hydrogen-bond donors (Lipinski definition) is 1. The van der Waals surface area contributed by atoms with Gasteiger partial charge in [-0.1, -0.05) is 30.3 Å². The van der Waals surface area contributed by atoms with Crippen LogP contribution in [0.2, 0.25) is 0 Å². The lowest BCUT2D eigenvalue weighted by atomic mass is 10.1. The van der Waals surface area contributed by atoms with Gasteiger partial charge in [-0.3, -0.25) is 4.79 Å². The molecular formula is C15H15NO2. The van der Waals surface area contributed by atoms with Crippen LogP contribution in [0.4, 0.5) is 0 Å². The average Bonchev–Trinajstić information content (AvgIpc) is 2.99. The minimum Gasteiger partial charge on any atom is -0.396 e. The maximum absolute atomic E-state index is 12.4. The van der Waals surface area contributed by atoms with Crippen molar-refractivity contribution in [2.75, 3.05) is 6.61 Å². The van der Waals surface area contributed by atoms with Crippen molar-refractivity contribution in [1.29, 1.82) is 0 Å². The maximum atomic E-state index is 12.4. The quantitative estimate of drug-likeness (QED) is 0.837. The van der Waals surface area contributed by atoms with Gasteiger partial charge in [-0.05, 0) is 18.6 Å². The van der Waals surface area contributed by atoms with Crippen LogP contribution in [0.1, 0.15) is 34.1 Å². The molecule has 0 radical (unpaired) electrons. The molecule has 0 unspecified atom stereocenters. The van der Waals surface area contributed by atoms with Gasteiger partial charge < -0.3 is 9.67 Å². The molecule has 1 aliphatic heterocycles. The van der Waals surface area contributed by atoms with Crippen molar-refractivity contribution in [1.82, 2.24) is 4.57 Å². The number of ketones is 1. The molecule has 1 N–H and O–H groups in total. The highest BCUT2D eigenvalue weighted by atomic mass is 16.3. The highest BCUT2D eigenvalue weighted by molar-refractivity contribution is 6.08. The summed E-state index contributed by atoms with van der Waals surface area (Å²) in [4.78, 5) is 12.4. The van der Waals surface area contributed by atoms with E-state index in [0.717, 1.165) is 24.4 Å². The van der Waals surface area contributed by atoms with E-state index in [2.05, 4.69) is 0 Å². The zero-order valence-corrected chi connectivity index (χ0v) is 10.0. The van der Waals surface area contributed by atoms with E-state index in [9.17, 15) is 9.90 Å². The van der Waals surface area contributed by atoms with E-state index in [4.69, 9.17) is 0 Å². The molecule has 2 aromatic rings. The molecule has 1 aromatic heterocycles. The Morgan fingerprint density at radius 3 is 2.72 bits per heavy atom. The summed E-state index contributed by atoms with van der Waals surface area (Å²) in [6, 6.07) is 13.1. The number of rotatable bonds is 3. The molecule has 0 bridgehead atoms. The molecule has 0 spiro atoms. The third-order valence-electron chi connectivity index (χ3n) is 3.62. The summed E-state index contributed by atoms with van der Waals surface area (Å²) in [6.45, 7) is 0.977. The van der Waals surface area contributed by atoms with Crippen LogP contribution in [0.25, 0.3) is 0 Å². The van der Waals surface area contributed by atoms with E-state index in [1.54, 1.807) is 0 Å². The average molecular weight is 241 g/mol. The molecule has 0 aliphatic carbocycles. The second-order valence-electron chi connectivity index (χ2n) is 4.66. The third kappa shape index (κ3) is 1.68. The molecular weight excluding hydrogens is 226 g/mol. The van der Waals surface area contributed by atoms with Crippen LogP contribution in [0, 0.1) is 0 Å². The van der Waals surface area contributed by atoms with Gasteiger partial charge in [-0.25, -0.2) is 0 Å². The number of aromatic nitrogens is 1. The van der Waals surface area contributed by atoms with Gasteiger partial charge in [0.2, 0.25) is 5.78 Å². The largest absolute Gasteiger partial charge is 0.396 e. The number of carbonyl (C=O) groups is 1. The van der Waals surface area contributed by atoms with Crippen LogP contribution in [0.15, 0.2) is 42.5 Å². The molecule has 0 saturated heterocycles. The van der Waals surface area contributed by atoms with Gasteiger partial charge in [-0.15, -0.1) is 0 Å². The Morgan fingerprint density at radius 1 is 1.22 bits per heavy atom. The molecule has 0 saturated carbocycles.